The molecule has 30 heavy (non-hydrogen) atoms. The number of rotatable bonds is 5. The fourth-order valence-corrected chi connectivity index (χ4v) is 3.63. The monoisotopic (exact) mass is 408 g/mol. The van der Waals surface area contributed by atoms with Crippen LogP contribution in [-0.2, 0) is 13.1 Å². The summed E-state index contributed by atoms with van der Waals surface area (Å²) in [5.41, 5.74) is 0.832. The highest BCUT2D eigenvalue weighted by Crippen LogP contribution is 2.30. The van der Waals surface area contributed by atoms with Crippen LogP contribution in [0.2, 0.25) is 0 Å². The van der Waals surface area contributed by atoms with E-state index in [1.54, 1.807) is 16.7 Å². The van der Waals surface area contributed by atoms with E-state index in [4.69, 9.17) is 0 Å². The largest absolute Gasteiger partial charge is 0.337 e. The van der Waals surface area contributed by atoms with Gasteiger partial charge in [-0.15, -0.1) is 0 Å². The third kappa shape index (κ3) is 3.24. The molecule has 2 aromatic carbocycles. The van der Waals surface area contributed by atoms with Crippen molar-refractivity contribution >= 4 is 11.2 Å². The van der Waals surface area contributed by atoms with Crippen molar-refractivity contribution in [1.29, 1.82) is 0 Å². The molecular formula is C22H18F2N4O2. The number of fused-ring (bicyclic) bond motifs is 1. The van der Waals surface area contributed by atoms with Crippen molar-refractivity contribution in [3.8, 4) is 5.69 Å². The molecule has 0 aliphatic heterocycles. The summed E-state index contributed by atoms with van der Waals surface area (Å²) in [6, 6.07) is 11.5. The summed E-state index contributed by atoms with van der Waals surface area (Å²) < 4.78 is 30.9. The van der Waals surface area contributed by atoms with Crippen LogP contribution in [0.3, 0.4) is 0 Å². The van der Waals surface area contributed by atoms with E-state index in [1.165, 1.54) is 51.9 Å². The average Bonchev–Trinajstić information content (AvgIpc) is 3.47. The first-order valence-electron chi connectivity index (χ1n) is 9.72. The van der Waals surface area contributed by atoms with Gasteiger partial charge in [-0.3, -0.25) is 9.36 Å². The van der Waals surface area contributed by atoms with Crippen LogP contribution in [0, 0.1) is 17.6 Å². The first kappa shape index (κ1) is 18.5. The van der Waals surface area contributed by atoms with Gasteiger partial charge in [-0.25, -0.2) is 23.1 Å². The van der Waals surface area contributed by atoms with Crippen molar-refractivity contribution in [2.75, 3.05) is 0 Å². The van der Waals surface area contributed by atoms with Gasteiger partial charge in [0.05, 0.1) is 12.0 Å². The second-order valence-electron chi connectivity index (χ2n) is 7.62. The minimum Gasteiger partial charge on any atom is -0.320 e. The van der Waals surface area contributed by atoms with Crippen LogP contribution < -0.4 is 11.2 Å². The standard InChI is InChI=1S/C22H18F2N4O2/c23-16-5-3-14(4-6-16)11-26-13-25-20-19(26)21(29)27(12-15-1-2-15)22(30)28(20)18-9-7-17(24)8-10-18/h3-10,13,15H,1-2,11-12H2. The van der Waals surface area contributed by atoms with E-state index in [0.29, 0.717) is 24.7 Å². The van der Waals surface area contributed by atoms with Crippen LogP contribution in [0.25, 0.3) is 16.9 Å². The topological polar surface area (TPSA) is 61.8 Å². The van der Waals surface area contributed by atoms with Crippen molar-refractivity contribution in [2.24, 2.45) is 5.92 Å². The fraction of sp³-hybridized carbons (Fsp3) is 0.227. The molecule has 4 aromatic rings. The summed E-state index contributed by atoms with van der Waals surface area (Å²) in [5.74, 6) is -0.453. The summed E-state index contributed by atoms with van der Waals surface area (Å²) in [7, 11) is 0. The van der Waals surface area contributed by atoms with Crippen LogP contribution in [0.1, 0.15) is 18.4 Å². The van der Waals surface area contributed by atoms with E-state index in [-0.39, 0.29) is 17.0 Å². The van der Waals surface area contributed by atoms with Gasteiger partial charge >= 0.3 is 5.69 Å². The van der Waals surface area contributed by atoms with Gasteiger partial charge in [0.2, 0.25) is 0 Å². The van der Waals surface area contributed by atoms with E-state index in [1.807, 2.05) is 0 Å². The van der Waals surface area contributed by atoms with Crippen molar-refractivity contribution in [1.82, 2.24) is 18.7 Å². The smallest absolute Gasteiger partial charge is 0.320 e. The summed E-state index contributed by atoms with van der Waals surface area (Å²) >= 11 is 0. The third-order valence-electron chi connectivity index (χ3n) is 5.39. The number of hydrogen-bond acceptors (Lipinski definition) is 3. The molecule has 1 fully saturated rings. The molecule has 2 heterocycles. The Bertz CT molecular complexity index is 1350. The quantitative estimate of drug-likeness (QED) is 0.510. The van der Waals surface area contributed by atoms with Crippen LogP contribution >= 0.6 is 0 Å². The molecule has 1 saturated carbocycles. The highest BCUT2D eigenvalue weighted by atomic mass is 19.1. The molecule has 152 valence electrons. The molecule has 0 radical (unpaired) electrons. The first-order valence-corrected chi connectivity index (χ1v) is 9.72. The Morgan fingerprint density at radius 2 is 1.57 bits per heavy atom. The van der Waals surface area contributed by atoms with Crippen molar-refractivity contribution in [2.45, 2.75) is 25.9 Å². The Labute approximate surface area is 169 Å². The molecule has 0 amide bonds. The average molecular weight is 408 g/mol. The molecule has 0 spiro atoms. The molecule has 1 aliphatic carbocycles. The fourth-order valence-electron chi connectivity index (χ4n) is 3.63. The lowest BCUT2D eigenvalue weighted by Gasteiger charge is -2.12. The molecular weight excluding hydrogens is 390 g/mol. The summed E-state index contributed by atoms with van der Waals surface area (Å²) in [4.78, 5) is 30.8. The normalized spacial score (nSPS) is 13.8. The SMILES string of the molecule is O=c1c2c(ncn2Cc2ccc(F)cc2)n(-c2ccc(F)cc2)c(=O)n1CC1CC1. The predicted molar refractivity (Wildman–Crippen MR) is 108 cm³/mol. The zero-order valence-corrected chi connectivity index (χ0v) is 16.0. The molecule has 0 atom stereocenters. The van der Waals surface area contributed by atoms with Gasteiger partial charge < -0.3 is 4.57 Å². The Morgan fingerprint density at radius 3 is 2.20 bits per heavy atom. The zero-order valence-electron chi connectivity index (χ0n) is 16.0. The molecule has 2 aromatic heterocycles. The highest BCUT2D eigenvalue weighted by molar-refractivity contribution is 5.72. The Hall–Kier alpha value is -3.55. The lowest BCUT2D eigenvalue weighted by atomic mass is 10.2. The van der Waals surface area contributed by atoms with Gasteiger partial charge in [-0.05, 0) is 60.7 Å². The van der Waals surface area contributed by atoms with E-state index in [2.05, 4.69) is 4.98 Å². The van der Waals surface area contributed by atoms with Gasteiger partial charge in [0.25, 0.3) is 5.56 Å². The van der Waals surface area contributed by atoms with Crippen molar-refractivity contribution in [3.63, 3.8) is 0 Å². The number of halogens is 2. The number of aromatic nitrogens is 4. The van der Waals surface area contributed by atoms with Gasteiger partial charge in [-0.1, -0.05) is 12.1 Å². The minimum atomic E-state index is -0.488. The van der Waals surface area contributed by atoms with Gasteiger partial charge in [-0.2, -0.15) is 0 Å². The summed E-state index contributed by atoms with van der Waals surface area (Å²) in [6.45, 7) is 0.646. The molecule has 5 rings (SSSR count). The first-order chi connectivity index (χ1) is 14.5. The van der Waals surface area contributed by atoms with Gasteiger partial charge in [0.15, 0.2) is 11.2 Å². The molecule has 0 N–H and O–H groups in total. The van der Waals surface area contributed by atoms with E-state index in [0.717, 1.165) is 18.4 Å². The highest BCUT2D eigenvalue weighted by Gasteiger charge is 2.26. The number of hydrogen-bond donors (Lipinski definition) is 0. The zero-order chi connectivity index (χ0) is 20.8. The van der Waals surface area contributed by atoms with E-state index < -0.39 is 17.1 Å². The van der Waals surface area contributed by atoms with Crippen LogP contribution in [0.5, 0.6) is 0 Å². The predicted octanol–water partition coefficient (Wildman–Crippen LogP) is 3.09. The Balaban J connectivity index is 1.73. The number of benzene rings is 2. The maximum atomic E-state index is 13.4. The summed E-state index contributed by atoms with van der Waals surface area (Å²) in [6.07, 6.45) is 3.46. The molecule has 0 unspecified atom stereocenters. The van der Waals surface area contributed by atoms with Crippen molar-refractivity contribution in [3.05, 3.63) is 92.9 Å². The second-order valence-corrected chi connectivity index (χ2v) is 7.62. The van der Waals surface area contributed by atoms with Gasteiger partial charge in [0, 0.05) is 13.1 Å². The Morgan fingerprint density at radius 1 is 0.933 bits per heavy atom. The molecule has 0 bridgehead atoms. The van der Waals surface area contributed by atoms with Crippen LogP contribution in [0.4, 0.5) is 8.78 Å². The number of nitrogens with zero attached hydrogens (tertiary/aromatic N) is 4. The third-order valence-corrected chi connectivity index (χ3v) is 5.39. The van der Waals surface area contributed by atoms with E-state index in [9.17, 15) is 18.4 Å². The maximum Gasteiger partial charge on any atom is 0.337 e. The minimum absolute atomic E-state index is 0.214. The molecule has 1 aliphatic rings. The van der Waals surface area contributed by atoms with Crippen LogP contribution in [0.15, 0.2) is 64.4 Å². The maximum absolute atomic E-state index is 13.4. The Kier molecular flexibility index (Phi) is 4.34. The molecule has 6 nitrogen and oxygen atoms in total. The molecule has 0 saturated heterocycles. The number of imidazole rings is 1. The van der Waals surface area contributed by atoms with Crippen molar-refractivity contribution < 1.29 is 8.78 Å². The lowest BCUT2D eigenvalue weighted by molar-refractivity contribution is 0.567. The second kappa shape index (κ2) is 7.05. The van der Waals surface area contributed by atoms with E-state index >= 15 is 0 Å². The molecule has 8 heteroatoms. The van der Waals surface area contributed by atoms with Gasteiger partial charge in [0.1, 0.15) is 11.6 Å². The summed E-state index contributed by atoms with van der Waals surface area (Å²) in [5, 5.41) is 0. The lowest BCUT2D eigenvalue weighted by Crippen LogP contribution is -2.40. The van der Waals surface area contributed by atoms with Crippen LogP contribution in [-0.4, -0.2) is 18.7 Å².